The molecule has 1 aromatic heterocycles. The van der Waals surface area contributed by atoms with Crippen LogP contribution in [-0.4, -0.2) is 52.0 Å². The SMILES string of the molecule is Cc1nc(-c2ccc(C(=O)NC3CC(N(CC(=O)O)CC4CC4)C3)cc2)cs1. The molecule has 4 rings (SSSR count). The maximum atomic E-state index is 12.5. The predicted molar refractivity (Wildman–Crippen MR) is 108 cm³/mol. The van der Waals surface area contributed by atoms with Crippen LogP contribution in [0, 0.1) is 12.8 Å². The fourth-order valence-corrected chi connectivity index (χ4v) is 4.33. The first kappa shape index (κ1) is 19.1. The number of aliphatic carboxylic acids is 1. The summed E-state index contributed by atoms with van der Waals surface area (Å²) in [6, 6.07) is 7.90. The van der Waals surface area contributed by atoms with Crippen LogP contribution in [-0.2, 0) is 4.79 Å². The third-order valence-corrected chi connectivity index (χ3v) is 6.33. The molecule has 1 amide bonds. The Kier molecular flexibility index (Phi) is 5.46. The molecular formula is C21H25N3O3S. The molecule has 0 atom stereocenters. The zero-order valence-electron chi connectivity index (χ0n) is 15.9. The highest BCUT2D eigenvalue weighted by Gasteiger charge is 2.37. The number of aryl methyl sites for hydroxylation is 1. The first-order chi connectivity index (χ1) is 13.5. The molecule has 2 N–H and O–H groups in total. The Bertz CT molecular complexity index is 854. The van der Waals surface area contributed by atoms with E-state index in [1.165, 1.54) is 12.8 Å². The van der Waals surface area contributed by atoms with Crippen LogP contribution in [0.15, 0.2) is 29.6 Å². The Morgan fingerprint density at radius 3 is 2.54 bits per heavy atom. The second kappa shape index (κ2) is 8.01. The van der Waals surface area contributed by atoms with Gasteiger partial charge in [0.1, 0.15) is 0 Å². The van der Waals surface area contributed by atoms with Gasteiger partial charge in [0.25, 0.3) is 5.91 Å². The monoisotopic (exact) mass is 399 g/mol. The molecule has 2 aromatic rings. The van der Waals surface area contributed by atoms with Crippen molar-refractivity contribution in [2.75, 3.05) is 13.1 Å². The Labute approximate surface area is 168 Å². The van der Waals surface area contributed by atoms with Crippen molar-refractivity contribution in [1.29, 1.82) is 0 Å². The summed E-state index contributed by atoms with van der Waals surface area (Å²) in [6.07, 6.45) is 4.06. The summed E-state index contributed by atoms with van der Waals surface area (Å²) in [7, 11) is 0. The maximum absolute atomic E-state index is 12.5. The van der Waals surface area contributed by atoms with Crippen molar-refractivity contribution in [3.05, 3.63) is 40.2 Å². The van der Waals surface area contributed by atoms with E-state index >= 15 is 0 Å². The Hall–Kier alpha value is -2.25. The van der Waals surface area contributed by atoms with Gasteiger partial charge in [0.2, 0.25) is 0 Å². The number of rotatable bonds is 8. The summed E-state index contributed by atoms with van der Waals surface area (Å²) in [5, 5.41) is 15.3. The fraction of sp³-hybridized carbons (Fsp3) is 0.476. The van der Waals surface area contributed by atoms with Gasteiger partial charge >= 0.3 is 5.97 Å². The van der Waals surface area contributed by atoms with Crippen molar-refractivity contribution in [2.45, 2.75) is 44.7 Å². The summed E-state index contributed by atoms with van der Waals surface area (Å²) in [5.41, 5.74) is 2.58. The summed E-state index contributed by atoms with van der Waals surface area (Å²) in [6.45, 7) is 2.94. The van der Waals surface area contributed by atoms with Crippen LogP contribution in [0.1, 0.15) is 41.0 Å². The number of aromatic nitrogens is 1. The van der Waals surface area contributed by atoms with Crippen molar-refractivity contribution in [2.24, 2.45) is 5.92 Å². The number of amides is 1. The molecule has 0 unspecified atom stereocenters. The molecule has 2 fully saturated rings. The topological polar surface area (TPSA) is 82.5 Å². The molecule has 2 aliphatic rings. The molecule has 1 heterocycles. The minimum Gasteiger partial charge on any atom is -0.480 e. The molecule has 148 valence electrons. The molecule has 2 aliphatic carbocycles. The van der Waals surface area contributed by atoms with Crippen molar-refractivity contribution < 1.29 is 14.7 Å². The Morgan fingerprint density at radius 2 is 1.96 bits per heavy atom. The van der Waals surface area contributed by atoms with Gasteiger partial charge in [-0.1, -0.05) is 12.1 Å². The second-order valence-corrected chi connectivity index (χ2v) is 8.95. The van der Waals surface area contributed by atoms with Gasteiger partial charge in [0.15, 0.2) is 0 Å². The molecule has 0 bridgehead atoms. The molecule has 0 radical (unpaired) electrons. The summed E-state index contributed by atoms with van der Waals surface area (Å²) >= 11 is 1.61. The van der Waals surface area contributed by atoms with Crippen LogP contribution in [0.4, 0.5) is 0 Å². The third kappa shape index (κ3) is 4.59. The van der Waals surface area contributed by atoms with Crippen molar-refractivity contribution in [3.8, 4) is 11.3 Å². The van der Waals surface area contributed by atoms with Crippen LogP contribution in [0.3, 0.4) is 0 Å². The number of nitrogens with one attached hydrogen (secondary N) is 1. The Balaban J connectivity index is 1.29. The van der Waals surface area contributed by atoms with E-state index in [1.54, 1.807) is 11.3 Å². The molecular weight excluding hydrogens is 374 g/mol. The van der Waals surface area contributed by atoms with E-state index in [9.17, 15) is 9.59 Å². The average Bonchev–Trinajstić information content (AvgIpc) is 3.34. The maximum Gasteiger partial charge on any atom is 0.317 e. The van der Waals surface area contributed by atoms with Crippen LogP contribution >= 0.6 is 11.3 Å². The van der Waals surface area contributed by atoms with Gasteiger partial charge in [-0.3, -0.25) is 14.5 Å². The average molecular weight is 400 g/mol. The fourth-order valence-electron chi connectivity index (χ4n) is 3.71. The van der Waals surface area contributed by atoms with Crippen molar-refractivity contribution in [3.63, 3.8) is 0 Å². The summed E-state index contributed by atoms with van der Waals surface area (Å²) < 4.78 is 0. The number of nitrogens with zero attached hydrogens (tertiary/aromatic N) is 2. The lowest BCUT2D eigenvalue weighted by atomic mass is 9.85. The molecule has 0 aliphatic heterocycles. The molecule has 7 heteroatoms. The first-order valence-corrected chi connectivity index (χ1v) is 10.6. The Morgan fingerprint density at radius 1 is 1.25 bits per heavy atom. The molecule has 28 heavy (non-hydrogen) atoms. The van der Waals surface area contributed by atoms with Gasteiger partial charge in [-0.2, -0.15) is 0 Å². The highest BCUT2D eigenvalue weighted by atomic mass is 32.1. The smallest absolute Gasteiger partial charge is 0.317 e. The zero-order chi connectivity index (χ0) is 19.7. The number of carboxylic acid groups (broad SMARTS) is 1. The van der Waals surface area contributed by atoms with Gasteiger partial charge in [0.05, 0.1) is 17.2 Å². The minimum absolute atomic E-state index is 0.0727. The van der Waals surface area contributed by atoms with Crippen molar-refractivity contribution in [1.82, 2.24) is 15.2 Å². The van der Waals surface area contributed by atoms with Gasteiger partial charge < -0.3 is 10.4 Å². The van der Waals surface area contributed by atoms with Gasteiger partial charge in [0, 0.05) is 35.1 Å². The second-order valence-electron chi connectivity index (χ2n) is 7.89. The van der Waals surface area contributed by atoms with Crippen LogP contribution in [0.5, 0.6) is 0 Å². The predicted octanol–water partition coefficient (Wildman–Crippen LogP) is 3.18. The molecule has 1 aromatic carbocycles. The van der Waals surface area contributed by atoms with Gasteiger partial charge in [-0.15, -0.1) is 11.3 Å². The van der Waals surface area contributed by atoms with E-state index < -0.39 is 5.97 Å². The molecule has 0 spiro atoms. The number of carbonyl (C=O) groups is 2. The number of benzene rings is 1. The van der Waals surface area contributed by atoms with Crippen LogP contribution in [0.2, 0.25) is 0 Å². The van der Waals surface area contributed by atoms with Crippen molar-refractivity contribution >= 4 is 23.2 Å². The lowest BCUT2D eigenvalue weighted by Crippen LogP contribution is -2.55. The van der Waals surface area contributed by atoms with E-state index in [-0.39, 0.29) is 24.5 Å². The number of carbonyl (C=O) groups excluding carboxylic acids is 1. The zero-order valence-corrected chi connectivity index (χ0v) is 16.7. The van der Waals surface area contributed by atoms with Gasteiger partial charge in [-0.25, -0.2) is 4.98 Å². The van der Waals surface area contributed by atoms with E-state index in [4.69, 9.17) is 5.11 Å². The normalized spacial score (nSPS) is 21.4. The number of hydrogen-bond acceptors (Lipinski definition) is 5. The van der Waals surface area contributed by atoms with E-state index in [0.29, 0.717) is 11.5 Å². The first-order valence-electron chi connectivity index (χ1n) is 9.77. The molecule has 6 nitrogen and oxygen atoms in total. The largest absolute Gasteiger partial charge is 0.480 e. The van der Waals surface area contributed by atoms with E-state index in [0.717, 1.165) is 35.7 Å². The highest BCUT2D eigenvalue weighted by Crippen LogP contribution is 2.34. The molecule has 2 saturated carbocycles. The lowest BCUT2D eigenvalue weighted by Gasteiger charge is -2.42. The van der Waals surface area contributed by atoms with Crippen LogP contribution in [0.25, 0.3) is 11.3 Å². The lowest BCUT2D eigenvalue weighted by molar-refractivity contribution is -0.139. The molecule has 0 saturated heterocycles. The van der Waals surface area contributed by atoms with E-state index in [1.807, 2.05) is 36.6 Å². The quantitative estimate of drug-likeness (QED) is 0.712. The number of carboxylic acids is 1. The van der Waals surface area contributed by atoms with Crippen LogP contribution < -0.4 is 5.32 Å². The number of thiazole rings is 1. The minimum atomic E-state index is -0.775. The summed E-state index contributed by atoms with van der Waals surface area (Å²) in [4.78, 5) is 30.2. The summed E-state index contributed by atoms with van der Waals surface area (Å²) in [5.74, 6) is -0.187. The standard InChI is InChI=1S/C21H25N3O3S/c1-13-22-19(12-28-13)15-4-6-16(7-5-15)21(27)23-17-8-18(9-17)24(11-20(25)26)10-14-2-3-14/h4-7,12,14,17-18H,2-3,8-11H2,1H3,(H,23,27)(H,25,26). The number of hydrogen-bond donors (Lipinski definition) is 2. The van der Waals surface area contributed by atoms with E-state index in [2.05, 4.69) is 15.2 Å². The van der Waals surface area contributed by atoms with Gasteiger partial charge in [-0.05, 0) is 50.7 Å². The highest BCUT2D eigenvalue weighted by molar-refractivity contribution is 7.09. The third-order valence-electron chi connectivity index (χ3n) is 5.55.